The van der Waals surface area contributed by atoms with Gasteiger partial charge >= 0.3 is 0 Å². The van der Waals surface area contributed by atoms with Crippen molar-refractivity contribution in [1.29, 1.82) is 0 Å². The first kappa shape index (κ1) is 18.6. The summed E-state index contributed by atoms with van der Waals surface area (Å²) in [5.74, 6) is -0.677. The van der Waals surface area contributed by atoms with Crippen LogP contribution in [0.25, 0.3) is 0 Å². The average Bonchev–Trinajstić information content (AvgIpc) is 2.61. The molecule has 2 heterocycles. The molecule has 0 saturated carbocycles. The molecular weight excluding hydrogens is 347 g/mol. The number of ether oxygens (including phenoxy) is 1. The van der Waals surface area contributed by atoms with Crippen molar-refractivity contribution in [2.24, 2.45) is 5.41 Å². The highest BCUT2D eigenvalue weighted by Crippen LogP contribution is 2.42. The Labute approximate surface area is 148 Å². The smallest absolute Gasteiger partial charge is 0.243 e. The molecular formula is C17H25FN2O4S. The molecule has 0 bridgehead atoms. The second-order valence-electron chi connectivity index (χ2n) is 7.03. The van der Waals surface area contributed by atoms with Gasteiger partial charge in [0.15, 0.2) is 11.6 Å². The Hall–Kier alpha value is -1.22. The molecule has 0 unspecified atom stereocenters. The molecule has 6 nitrogen and oxygen atoms in total. The number of sulfonamides is 1. The van der Waals surface area contributed by atoms with Crippen LogP contribution in [0.15, 0.2) is 23.1 Å². The molecule has 2 aliphatic heterocycles. The number of methoxy groups -OCH3 is 1. The molecule has 2 aliphatic rings. The standard InChI is InChI=1S/C17H25FN2O4S/c1-19-8-3-6-17(12-21)7-9-20(11-16(17)19)25(22,23)13-4-5-15(24-2)14(18)10-13/h4-5,10,16,21H,3,6-9,11-12H2,1-2H3/t16-,17-/m1/s1. The third kappa shape index (κ3) is 3.16. The Bertz CT molecular complexity index is 742. The van der Waals surface area contributed by atoms with Gasteiger partial charge in [-0.05, 0) is 51.1 Å². The van der Waals surface area contributed by atoms with Crippen molar-refractivity contribution >= 4 is 10.0 Å². The summed E-state index contributed by atoms with van der Waals surface area (Å²) in [4.78, 5) is 2.07. The van der Waals surface area contributed by atoms with Gasteiger partial charge in [0.05, 0.1) is 18.6 Å². The van der Waals surface area contributed by atoms with E-state index in [1.165, 1.54) is 23.5 Å². The lowest BCUT2D eigenvalue weighted by molar-refractivity contribution is -0.0508. The summed E-state index contributed by atoms with van der Waals surface area (Å²) in [5, 5.41) is 9.94. The highest BCUT2D eigenvalue weighted by molar-refractivity contribution is 7.89. The average molecular weight is 372 g/mol. The van der Waals surface area contributed by atoms with Crippen LogP contribution in [-0.2, 0) is 10.0 Å². The number of aliphatic hydroxyl groups is 1. The Morgan fingerprint density at radius 3 is 2.76 bits per heavy atom. The maximum atomic E-state index is 13.9. The van der Waals surface area contributed by atoms with Crippen LogP contribution in [0.4, 0.5) is 4.39 Å². The lowest BCUT2D eigenvalue weighted by atomic mass is 9.69. The van der Waals surface area contributed by atoms with Crippen molar-refractivity contribution in [3.63, 3.8) is 0 Å². The molecule has 25 heavy (non-hydrogen) atoms. The van der Waals surface area contributed by atoms with E-state index >= 15 is 0 Å². The number of hydrogen-bond donors (Lipinski definition) is 1. The van der Waals surface area contributed by atoms with E-state index in [2.05, 4.69) is 4.90 Å². The summed E-state index contributed by atoms with van der Waals surface area (Å²) >= 11 is 0. The number of hydrogen-bond acceptors (Lipinski definition) is 5. The lowest BCUT2D eigenvalue weighted by Gasteiger charge is -2.53. The molecule has 0 radical (unpaired) electrons. The van der Waals surface area contributed by atoms with Gasteiger partial charge in [-0.1, -0.05) is 0 Å². The molecule has 2 atom stereocenters. The normalized spacial score (nSPS) is 28.6. The van der Waals surface area contributed by atoms with Crippen LogP contribution in [0.5, 0.6) is 5.75 Å². The van der Waals surface area contributed by atoms with Crippen LogP contribution >= 0.6 is 0 Å². The summed E-state index contributed by atoms with van der Waals surface area (Å²) in [6.07, 6.45) is 2.52. The number of likely N-dealkylation sites (tertiary alicyclic amines) is 1. The second kappa shape index (κ2) is 6.83. The van der Waals surface area contributed by atoms with Gasteiger partial charge in [0, 0.05) is 24.5 Å². The summed E-state index contributed by atoms with van der Waals surface area (Å²) < 4.78 is 46.1. The topological polar surface area (TPSA) is 70.1 Å². The van der Waals surface area contributed by atoms with Crippen molar-refractivity contribution in [3.05, 3.63) is 24.0 Å². The minimum Gasteiger partial charge on any atom is -0.494 e. The van der Waals surface area contributed by atoms with Crippen molar-refractivity contribution in [2.45, 2.75) is 30.2 Å². The Kier molecular flexibility index (Phi) is 5.07. The van der Waals surface area contributed by atoms with Crippen molar-refractivity contribution in [1.82, 2.24) is 9.21 Å². The first-order chi connectivity index (χ1) is 11.8. The van der Waals surface area contributed by atoms with Gasteiger partial charge in [0.25, 0.3) is 0 Å². The van der Waals surface area contributed by atoms with Crippen LogP contribution in [0.1, 0.15) is 19.3 Å². The zero-order chi connectivity index (χ0) is 18.2. The van der Waals surface area contributed by atoms with E-state index in [0.29, 0.717) is 19.5 Å². The van der Waals surface area contributed by atoms with E-state index in [9.17, 15) is 17.9 Å². The molecule has 3 rings (SSSR count). The van der Waals surface area contributed by atoms with Crippen LogP contribution < -0.4 is 4.74 Å². The molecule has 0 aromatic heterocycles. The minimum atomic E-state index is -3.79. The highest BCUT2D eigenvalue weighted by atomic mass is 32.2. The molecule has 1 N–H and O–H groups in total. The number of nitrogens with zero attached hydrogens (tertiary/aromatic N) is 2. The van der Waals surface area contributed by atoms with E-state index in [0.717, 1.165) is 25.5 Å². The Morgan fingerprint density at radius 2 is 2.12 bits per heavy atom. The van der Waals surface area contributed by atoms with E-state index in [4.69, 9.17) is 4.74 Å². The molecule has 0 amide bonds. The highest BCUT2D eigenvalue weighted by Gasteiger charge is 2.48. The van der Waals surface area contributed by atoms with E-state index < -0.39 is 15.8 Å². The minimum absolute atomic E-state index is 0.0175. The molecule has 140 valence electrons. The van der Waals surface area contributed by atoms with Gasteiger partial charge in [-0.3, -0.25) is 0 Å². The summed E-state index contributed by atoms with van der Waals surface area (Å²) in [7, 11) is -0.481. The Balaban J connectivity index is 1.88. The fourth-order valence-corrected chi connectivity index (χ4v) is 5.62. The predicted octanol–water partition coefficient (Wildman–Crippen LogP) is 1.30. The fraction of sp³-hybridized carbons (Fsp3) is 0.647. The molecule has 8 heteroatoms. The molecule has 2 fully saturated rings. The number of fused-ring (bicyclic) bond motifs is 1. The SMILES string of the molecule is COc1ccc(S(=O)(=O)N2CC[C@@]3(CO)CCCN(C)[C@@H]3C2)cc1F. The number of likely N-dealkylation sites (N-methyl/N-ethyl adjacent to an activating group) is 1. The van der Waals surface area contributed by atoms with Gasteiger partial charge < -0.3 is 14.7 Å². The van der Waals surface area contributed by atoms with Gasteiger partial charge in [-0.2, -0.15) is 4.31 Å². The molecule has 1 aromatic carbocycles. The maximum Gasteiger partial charge on any atom is 0.243 e. The van der Waals surface area contributed by atoms with E-state index in [1.54, 1.807) is 0 Å². The van der Waals surface area contributed by atoms with Gasteiger partial charge in [-0.15, -0.1) is 0 Å². The second-order valence-corrected chi connectivity index (χ2v) is 8.97. The quantitative estimate of drug-likeness (QED) is 0.863. The van der Waals surface area contributed by atoms with Crippen molar-refractivity contribution in [3.8, 4) is 5.75 Å². The predicted molar refractivity (Wildman–Crippen MR) is 91.5 cm³/mol. The monoisotopic (exact) mass is 372 g/mol. The van der Waals surface area contributed by atoms with Crippen molar-refractivity contribution < 1.29 is 22.7 Å². The first-order valence-electron chi connectivity index (χ1n) is 8.49. The number of benzene rings is 1. The third-order valence-electron chi connectivity index (χ3n) is 5.74. The number of aliphatic hydroxyl groups excluding tert-OH is 1. The van der Waals surface area contributed by atoms with Crippen LogP contribution in [0.3, 0.4) is 0 Å². The van der Waals surface area contributed by atoms with Gasteiger partial charge in [-0.25, -0.2) is 12.8 Å². The van der Waals surface area contributed by atoms with Crippen LogP contribution in [-0.4, -0.2) is 69.2 Å². The van der Waals surface area contributed by atoms with Gasteiger partial charge in [0.2, 0.25) is 10.0 Å². The first-order valence-corrected chi connectivity index (χ1v) is 9.93. The van der Waals surface area contributed by atoms with E-state index in [-0.39, 0.29) is 28.7 Å². The summed E-state index contributed by atoms with van der Waals surface area (Å²) in [6.45, 7) is 1.60. The van der Waals surface area contributed by atoms with Crippen LogP contribution in [0.2, 0.25) is 0 Å². The van der Waals surface area contributed by atoms with Gasteiger partial charge in [0.1, 0.15) is 0 Å². The maximum absolute atomic E-state index is 13.9. The summed E-state index contributed by atoms with van der Waals surface area (Å²) in [6, 6.07) is 3.68. The zero-order valence-electron chi connectivity index (χ0n) is 14.6. The number of halogens is 1. The molecule has 2 saturated heterocycles. The number of rotatable bonds is 4. The molecule has 0 aliphatic carbocycles. The molecule has 1 aromatic rings. The largest absolute Gasteiger partial charge is 0.494 e. The lowest BCUT2D eigenvalue weighted by Crippen LogP contribution is -2.62. The summed E-state index contributed by atoms with van der Waals surface area (Å²) in [5.41, 5.74) is -0.246. The van der Waals surface area contributed by atoms with Crippen LogP contribution in [0, 0.1) is 11.2 Å². The van der Waals surface area contributed by atoms with E-state index in [1.807, 2.05) is 7.05 Å². The molecule has 0 spiro atoms. The van der Waals surface area contributed by atoms with Crippen molar-refractivity contribution in [2.75, 3.05) is 40.4 Å². The third-order valence-corrected chi connectivity index (χ3v) is 7.60. The number of piperidine rings is 2. The zero-order valence-corrected chi connectivity index (χ0v) is 15.4. The Morgan fingerprint density at radius 1 is 1.36 bits per heavy atom. The fourth-order valence-electron chi connectivity index (χ4n) is 4.17.